The molecule has 24 heavy (non-hydrogen) atoms. The van der Waals surface area contributed by atoms with E-state index in [1.54, 1.807) is 23.9 Å². The molecule has 1 heterocycles. The first-order valence-electron chi connectivity index (χ1n) is 8.65. The molecular weight excluding hydrogens is 329 g/mol. The highest BCUT2D eigenvalue weighted by Gasteiger charge is 2.34. The number of ether oxygens (including phenoxy) is 1. The van der Waals surface area contributed by atoms with Gasteiger partial charge in [-0.3, -0.25) is 5.32 Å². The van der Waals surface area contributed by atoms with Crippen molar-refractivity contribution in [3.8, 4) is 0 Å². The Kier molecular flexibility index (Phi) is 5.66. The minimum absolute atomic E-state index is 0.0386. The van der Waals surface area contributed by atoms with Gasteiger partial charge in [-0.1, -0.05) is 12.5 Å². The van der Waals surface area contributed by atoms with E-state index in [0.29, 0.717) is 24.1 Å². The van der Waals surface area contributed by atoms with Gasteiger partial charge in [0.15, 0.2) is 0 Å². The van der Waals surface area contributed by atoms with Gasteiger partial charge in [-0.25, -0.2) is 9.18 Å². The van der Waals surface area contributed by atoms with Crippen molar-refractivity contribution in [3.05, 3.63) is 29.6 Å². The van der Waals surface area contributed by atoms with Crippen molar-refractivity contribution < 1.29 is 19.0 Å². The first kappa shape index (κ1) is 17.5. The fourth-order valence-corrected chi connectivity index (χ4v) is 4.60. The van der Waals surface area contributed by atoms with Gasteiger partial charge in [-0.2, -0.15) is 11.8 Å². The van der Waals surface area contributed by atoms with Crippen molar-refractivity contribution in [2.45, 2.75) is 56.7 Å². The summed E-state index contributed by atoms with van der Waals surface area (Å²) in [5, 5.41) is 13.2. The van der Waals surface area contributed by atoms with Crippen LogP contribution in [0.5, 0.6) is 0 Å². The van der Waals surface area contributed by atoms with E-state index in [-0.39, 0.29) is 6.10 Å². The number of nitrogens with one attached hydrogen (secondary N) is 1. The lowest BCUT2D eigenvalue weighted by Gasteiger charge is -2.32. The maximum absolute atomic E-state index is 14.4. The van der Waals surface area contributed by atoms with E-state index in [9.17, 15) is 14.3 Å². The van der Waals surface area contributed by atoms with E-state index in [2.05, 4.69) is 5.32 Å². The standard InChI is InChI=1S/C18H24FNO3S/c19-16-12-13(20-17(21)23-14-4-2-1-3-5-14)6-7-15(16)18(22)8-10-24-11-9-18/h6-7,12,14,22H,1-5,8-11H2,(H,20,21). The Morgan fingerprint density at radius 2 is 1.96 bits per heavy atom. The quantitative estimate of drug-likeness (QED) is 0.844. The molecule has 0 aromatic heterocycles. The predicted octanol–water partition coefficient (Wildman–Crippen LogP) is 4.42. The molecule has 2 fully saturated rings. The third-order valence-corrected chi connectivity index (χ3v) is 5.85. The molecule has 0 spiro atoms. The van der Waals surface area contributed by atoms with Crippen LogP contribution in [-0.2, 0) is 10.3 Å². The second kappa shape index (κ2) is 7.74. The van der Waals surface area contributed by atoms with Crippen LogP contribution < -0.4 is 5.32 Å². The van der Waals surface area contributed by atoms with Gasteiger partial charge in [0, 0.05) is 11.3 Å². The summed E-state index contributed by atoms with van der Waals surface area (Å²) in [6, 6.07) is 4.46. The molecule has 1 amide bonds. The lowest BCUT2D eigenvalue weighted by Crippen LogP contribution is -2.31. The Hall–Kier alpha value is -1.27. The first-order valence-corrected chi connectivity index (χ1v) is 9.80. The van der Waals surface area contributed by atoms with Crippen molar-refractivity contribution in [2.75, 3.05) is 16.8 Å². The summed E-state index contributed by atoms with van der Waals surface area (Å²) in [5.41, 5.74) is -0.434. The zero-order valence-electron chi connectivity index (χ0n) is 13.7. The van der Waals surface area contributed by atoms with Gasteiger partial charge < -0.3 is 9.84 Å². The number of hydrogen-bond acceptors (Lipinski definition) is 4. The molecular formula is C18H24FNO3S. The average Bonchev–Trinajstić information content (AvgIpc) is 2.56. The highest BCUT2D eigenvalue weighted by molar-refractivity contribution is 7.99. The summed E-state index contributed by atoms with van der Waals surface area (Å²) in [5.74, 6) is 1.16. The van der Waals surface area contributed by atoms with E-state index in [1.807, 2.05) is 0 Å². The summed E-state index contributed by atoms with van der Waals surface area (Å²) in [6.45, 7) is 0. The largest absolute Gasteiger partial charge is 0.446 e. The minimum atomic E-state index is -1.10. The maximum atomic E-state index is 14.4. The number of thioether (sulfide) groups is 1. The molecule has 0 bridgehead atoms. The zero-order valence-corrected chi connectivity index (χ0v) is 14.5. The van der Waals surface area contributed by atoms with Crippen molar-refractivity contribution in [1.82, 2.24) is 0 Å². The van der Waals surface area contributed by atoms with Crippen LogP contribution in [0, 0.1) is 5.82 Å². The van der Waals surface area contributed by atoms with E-state index in [4.69, 9.17) is 4.74 Å². The van der Waals surface area contributed by atoms with Crippen LogP contribution in [0.2, 0.25) is 0 Å². The number of anilines is 1. The number of halogens is 1. The number of aliphatic hydroxyl groups is 1. The predicted molar refractivity (Wildman–Crippen MR) is 93.8 cm³/mol. The number of carbonyl (C=O) groups is 1. The Morgan fingerprint density at radius 1 is 1.25 bits per heavy atom. The SMILES string of the molecule is O=C(Nc1ccc(C2(O)CCSCC2)c(F)c1)OC1CCCCC1. The lowest BCUT2D eigenvalue weighted by atomic mass is 9.87. The number of benzene rings is 1. The molecule has 0 atom stereocenters. The number of carbonyl (C=O) groups excluding carboxylic acids is 1. The van der Waals surface area contributed by atoms with Crippen LogP contribution in [0.4, 0.5) is 14.9 Å². The fraction of sp³-hybridized carbons (Fsp3) is 0.611. The molecule has 1 aromatic carbocycles. The van der Waals surface area contributed by atoms with Crippen LogP contribution >= 0.6 is 11.8 Å². The third kappa shape index (κ3) is 4.22. The van der Waals surface area contributed by atoms with Gasteiger partial charge in [-0.05, 0) is 62.2 Å². The fourth-order valence-electron chi connectivity index (χ4n) is 3.43. The molecule has 4 nitrogen and oxygen atoms in total. The second-order valence-electron chi connectivity index (χ2n) is 6.63. The topological polar surface area (TPSA) is 58.6 Å². The van der Waals surface area contributed by atoms with E-state index in [0.717, 1.165) is 37.2 Å². The monoisotopic (exact) mass is 353 g/mol. The molecule has 1 aromatic rings. The van der Waals surface area contributed by atoms with Crippen LogP contribution in [0.15, 0.2) is 18.2 Å². The van der Waals surface area contributed by atoms with Crippen molar-refractivity contribution in [3.63, 3.8) is 0 Å². The zero-order chi connectivity index (χ0) is 17.0. The third-order valence-electron chi connectivity index (χ3n) is 4.86. The molecule has 1 saturated heterocycles. The molecule has 2 aliphatic rings. The minimum Gasteiger partial charge on any atom is -0.446 e. The van der Waals surface area contributed by atoms with Crippen LogP contribution in [0.3, 0.4) is 0 Å². The normalized spacial score (nSPS) is 21.2. The number of amides is 1. The molecule has 6 heteroatoms. The molecule has 3 rings (SSSR count). The summed E-state index contributed by atoms with van der Waals surface area (Å²) in [7, 11) is 0. The molecule has 1 aliphatic carbocycles. The number of rotatable bonds is 3. The Labute approximate surface area is 146 Å². The highest BCUT2D eigenvalue weighted by atomic mass is 32.2. The molecule has 0 unspecified atom stereocenters. The van der Waals surface area contributed by atoms with Gasteiger partial charge >= 0.3 is 6.09 Å². The maximum Gasteiger partial charge on any atom is 0.411 e. The summed E-state index contributed by atoms with van der Waals surface area (Å²) < 4.78 is 19.8. The Balaban J connectivity index is 1.62. The van der Waals surface area contributed by atoms with E-state index < -0.39 is 17.5 Å². The Bertz CT molecular complexity index is 584. The lowest BCUT2D eigenvalue weighted by molar-refractivity contribution is 0.0246. The smallest absolute Gasteiger partial charge is 0.411 e. The van der Waals surface area contributed by atoms with Gasteiger partial charge in [0.25, 0.3) is 0 Å². The Morgan fingerprint density at radius 3 is 2.62 bits per heavy atom. The van der Waals surface area contributed by atoms with Crippen molar-refractivity contribution >= 4 is 23.5 Å². The van der Waals surface area contributed by atoms with Gasteiger partial charge in [0.2, 0.25) is 0 Å². The second-order valence-corrected chi connectivity index (χ2v) is 7.85. The van der Waals surface area contributed by atoms with Crippen molar-refractivity contribution in [2.24, 2.45) is 0 Å². The van der Waals surface area contributed by atoms with Crippen LogP contribution in [0.25, 0.3) is 0 Å². The van der Waals surface area contributed by atoms with Gasteiger partial charge in [0.1, 0.15) is 11.9 Å². The average molecular weight is 353 g/mol. The van der Waals surface area contributed by atoms with Crippen molar-refractivity contribution in [1.29, 1.82) is 0 Å². The van der Waals surface area contributed by atoms with Crippen LogP contribution in [0.1, 0.15) is 50.5 Å². The molecule has 1 aliphatic heterocycles. The molecule has 0 radical (unpaired) electrons. The highest BCUT2D eigenvalue weighted by Crippen LogP contribution is 2.37. The van der Waals surface area contributed by atoms with Crippen LogP contribution in [-0.4, -0.2) is 28.8 Å². The molecule has 132 valence electrons. The summed E-state index contributed by atoms with van der Waals surface area (Å²) in [4.78, 5) is 11.9. The van der Waals surface area contributed by atoms with Gasteiger partial charge in [-0.15, -0.1) is 0 Å². The molecule has 2 N–H and O–H groups in total. The van der Waals surface area contributed by atoms with Gasteiger partial charge in [0.05, 0.1) is 5.60 Å². The summed E-state index contributed by atoms with van der Waals surface area (Å²) >= 11 is 1.77. The number of hydrogen-bond donors (Lipinski definition) is 2. The van der Waals surface area contributed by atoms with E-state index >= 15 is 0 Å². The summed E-state index contributed by atoms with van der Waals surface area (Å²) in [6.07, 6.45) is 5.66. The first-order chi connectivity index (χ1) is 11.6. The molecule has 1 saturated carbocycles. The van der Waals surface area contributed by atoms with E-state index in [1.165, 1.54) is 12.5 Å².